The molecule has 0 unspecified atom stereocenters. The average molecular weight is 346 g/mol. The lowest BCUT2D eigenvalue weighted by Crippen LogP contribution is -2.23. The zero-order valence-corrected chi connectivity index (χ0v) is 13.6. The maximum atomic E-state index is 10.4. The first-order chi connectivity index (χ1) is 12.8. The van der Waals surface area contributed by atoms with Crippen LogP contribution in [-0.4, -0.2) is 31.9 Å². The number of H-pyrrole nitrogens is 1. The van der Waals surface area contributed by atoms with E-state index in [4.69, 9.17) is 9.47 Å². The van der Waals surface area contributed by atoms with Crippen molar-refractivity contribution in [1.29, 1.82) is 0 Å². The van der Waals surface area contributed by atoms with Gasteiger partial charge in [0.15, 0.2) is 23.4 Å². The molecule has 2 N–H and O–H groups in total. The molecular weight excluding hydrogens is 332 g/mol. The van der Waals surface area contributed by atoms with Gasteiger partial charge >= 0.3 is 0 Å². The number of aromatic amines is 1. The van der Waals surface area contributed by atoms with E-state index in [1.54, 1.807) is 12.4 Å². The molecule has 0 aliphatic carbocycles. The summed E-state index contributed by atoms with van der Waals surface area (Å²) in [5.41, 5.74) is 2.49. The fourth-order valence-corrected chi connectivity index (χ4v) is 3.01. The molecule has 0 bridgehead atoms. The summed E-state index contributed by atoms with van der Waals surface area (Å²) in [7, 11) is 0. The van der Waals surface area contributed by atoms with E-state index in [0.717, 1.165) is 11.1 Å². The normalized spacial score (nSPS) is 15.9. The van der Waals surface area contributed by atoms with E-state index >= 15 is 0 Å². The highest BCUT2D eigenvalue weighted by Gasteiger charge is 2.25. The fourth-order valence-electron chi connectivity index (χ4n) is 3.01. The SMILES string of the molecule is Oc1nc([C@H]2COc3ccccc3O2)nc2ccc(-c3cn[nH]c3)cc12. The highest BCUT2D eigenvalue weighted by molar-refractivity contribution is 5.87. The molecule has 1 aliphatic heterocycles. The minimum Gasteiger partial charge on any atom is -0.493 e. The first-order valence-electron chi connectivity index (χ1n) is 8.16. The van der Waals surface area contributed by atoms with Crippen LogP contribution in [-0.2, 0) is 0 Å². The van der Waals surface area contributed by atoms with Gasteiger partial charge in [-0.3, -0.25) is 5.10 Å². The molecule has 0 radical (unpaired) electrons. The minimum absolute atomic E-state index is 0.0854. The number of aromatic nitrogens is 4. The number of rotatable bonds is 2. The van der Waals surface area contributed by atoms with Crippen molar-refractivity contribution in [3.63, 3.8) is 0 Å². The zero-order chi connectivity index (χ0) is 17.5. The maximum absolute atomic E-state index is 10.4. The molecule has 2 aromatic carbocycles. The highest BCUT2D eigenvalue weighted by atomic mass is 16.6. The molecule has 26 heavy (non-hydrogen) atoms. The lowest BCUT2D eigenvalue weighted by atomic mass is 10.1. The van der Waals surface area contributed by atoms with E-state index in [-0.39, 0.29) is 12.5 Å². The van der Waals surface area contributed by atoms with Crippen LogP contribution in [0, 0.1) is 0 Å². The van der Waals surface area contributed by atoms with Crippen LogP contribution in [0.1, 0.15) is 11.9 Å². The number of fused-ring (bicyclic) bond motifs is 2. The van der Waals surface area contributed by atoms with Crippen molar-refractivity contribution in [2.75, 3.05) is 6.61 Å². The van der Waals surface area contributed by atoms with Crippen molar-refractivity contribution in [1.82, 2.24) is 20.2 Å². The van der Waals surface area contributed by atoms with Gasteiger partial charge in [0.25, 0.3) is 0 Å². The van der Waals surface area contributed by atoms with Gasteiger partial charge in [-0.25, -0.2) is 4.98 Å². The molecule has 0 amide bonds. The van der Waals surface area contributed by atoms with E-state index in [0.29, 0.717) is 28.2 Å². The highest BCUT2D eigenvalue weighted by Crippen LogP contribution is 2.36. The van der Waals surface area contributed by atoms with Gasteiger partial charge in [-0.05, 0) is 29.8 Å². The van der Waals surface area contributed by atoms with Crippen LogP contribution in [0.5, 0.6) is 17.4 Å². The van der Waals surface area contributed by atoms with Crippen molar-refractivity contribution in [3.05, 3.63) is 60.7 Å². The fraction of sp³-hybridized carbons (Fsp3) is 0.105. The van der Waals surface area contributed by atoms with Crippen LogP contribution >= 0.6 is 0 Å². The van der Waals surface area contributed by atoms with Crippen LogP contribution in [0.2, 0.25) is 0 Å². The van der Waals surface area contributed by atoms with Crippen LogP contribution in [0.15, 0.2) is 54.9 Å². The first kappa shape index (κ1) is 14.7. The predicted octanol–water partition coefficient (Wildman–Crippen LogP) is 3.24. The second-order valence-corrected chi connectivity index (χ2v) is 5.99. The van der Waals surface area contributed by atoms with Crippen LogP contribution in [0.25, 0.3) is 22.0 Å². The summed E-state index contributed by atoms with van der Waals surface area (Å²) in [5.74, 6) is 1.64. The van der Waals surface area contributed by atoms with Gasteiger partial charge in [-0.15, -0.1) is 0 Å². The monoisotopic (exact) mass is 346 g/mol. The molecular formula is C19H14N4O3. The summed E-state index contributed by atoms with van der Waals surface area (Å²) in [6.07, 6.45) is 3.03. The number of hydrogen-bond donors (Lipinski definition) is 2. The van der Waals surface area contributed by atoms with Crippen molar-refractivity contribution < 1.29 is 14.6 Å². The quantitative estimate of drug-likeness (QED) is 0.579. The van der Waals surface area contributed by atoms with Crippen molar-refractivity contribution in [2.24, 2.45) is 0 Å². The Balaban J connectivity index is 1.53. The average Bonchev–Trinajstić information content (AvgIpc) is 3.22. The lowest BCUT2D eigenvalue weighted by molar-refractivity contribution is 0.0849. The Hall–Kier alpha value is -3.61. The number of aromatic hydroxyl groups is 1. The third-order valence-electron chi connectivity index (χ3n) is 4.32. The number of ether oxygens (including phenoxy) is 2. The molecule has 7 heteroatoms. The van der Waals surface area contributed by atoms with E-state index in [1.807, 2.05) is 42.5 Å². The Labute approximate surface area is 148 Å². The largest absolute Gasteiger partial charge is 0.493 e. The van der Waals surface area contributed by atoms with Crippen molar-refractivity contribution >= 4 is 10.9 Å². The number of nitrogens with zero attached hydrogens (tertiary/aromatic N) is 3. The Kier molecular flexibility index (Phi) is 3.24. The maximum Gasteiger partial charge on any atom is 0.222 e. The van der Waals surface area contributed by atoms with Gasteiger partial charge in [0, 0.05) is 11.8 Å². The molecule has 7 nitrogen and oxygen atoms in total. The Morgan fingerprint density at radius 3 is 2.77 bits per heavy atom. The molecule has 1 aliphatic rings. The topological polar surface area (TPSA) is 93.2 Å². The predicted molar refractivity (Wildman–Crippen MR) is 94.1 cm³/mol. The van der Waals surface area contributed by atoms with Gasteiger partial charge in [0.1, 0.15) is 6.61 Å². The third kappa shape index (κ3) is 2.41. The summed E-state index contributed by atoms with van der Waals surface area (Å²) in [5, 5.41) is 17.7. The summed E-state index contributed by atoms with van der Waals surface area (Å²) in [4.78, 5) is 8.79. The number of benzene rings is 2. The molecule has 0 saturated heterocycles. The number of hydrogen-bond acceptors (Lipinski definition) is 6. The summed E-state index contributed by atoms with van der Waals surface area (Å²) in [6.45, 7) is 0.287. The molecule has 2 aromatic heterocycles. The van der Waals surface area contributed by atoms with Gasteiger partial charge in [0.05, 0.1) is 17.1 Å². The van der Waals surface area contributed by atoms with E-state index in [9.17, 15) is 5.11 Å². The molecule has 5 rings (SSSR count). The summed E-state index contributed by atoms with van der Waals surface area (Å²) >= 11 is 0. The first-order valence-corrected chi connectivity index (χ1v) is 8.16. The van der Waals surface area contributed by atoms with Crippen LogP contribution < -0.4 is 9.47 Å². The van der Waals surface area contributed by atoms with Crippen molar-refractivity contribution in [2.45, 2.75) is 6.10 Å². The molecule has 0 saturated carbocycles. The Morgan fingerprint density at radius 2 is 1.92 bits per heavy atom. The van der Waals surface area contributed by atoms with Crippen molar-refractivity contribution in [3.8, 4) is 28.5 Å². The molecule has 1 atom stereocenters. The Morgan fingerprint density at radius 1 is 1.04 bits per heavy atom. The smallest absolute Gasteiger partial charge is 0.222 e. The standard InChI is InChI=1S/C19H14N4O3/c24-19-13-7-11(12-8-20-21-9-12)5-6-14(13)22-18(23-19)17-10-25-15-3-1-2-4-16(15)26-17/h1-9,17H,10H2,(H,20,21)(H,22,23,24)/t17-/m1/s1. The molecule has 128 valence electrons. The lowest BCUT2D eigenvalue weighted by Gasteiger charge is -2.25. The molecule has 0 fully saturated rings. The summed E-state index contributed by atoms with van der Waals surface area (Å²) in [6, 6.07) is 13.1. The van der Waals surface area contributed by atoms with E-state index < -0.39 is 6.10 Å². The van der Waals surface area contributed by atoms with Gasteiger partial charge in [-0.2, -0.15) is 10.1 Å². The Bertz CT molecular complexity index is 1100. The zero-order valence-electron chi connectivity index (χ0n) is 13.6. The second-order valence-electron chi connectivity index (χ2n) is 5.99. The third-order valence-corrected chi connectivity index (χ3v) is 4.32. The number of para-hydroxylation sites is 2. The van der Waals surface area contributed by atoms with Crippen LogP contribution in [0.4, 0.5) is 0 Å². The molecule has 0 spiro atoms. The molecule has 3 heterocycles. The molecule has 4 aromatic rings. The van der Waals surface area contributed by atoms with Crippen LogP contribution in [0.3, 0.4) is 0 Å². The number of nitrogens with one attached hydrogen (secondary N) is 1. The summed E-state index contributed by atoms with van der Waals surface area (Å²) < 4.78 is 11.6. The van der Waals surface area contributed by atoms with E-state index in [1.165, 1.54) is 0 Å². The van der Waals surface area contributed by atoms with Gasteiger partial charge < -0.3 is 14.6 Å². The second kappa shape index (κ2) is 5.73. The minimum atomic E-state index is -0.478. The van der Waals surface area contributed by atoms with E-state index in [2.05, 4.69) is 20.2 Å². The van der Waals surface area contributed by atoms with Gasteiger partial charge in [0.2, 0.25) is 5.88 Å². The van der Waals surface area contributed by atoms with Gasteiger partial charge in [-0.1, -0.05) is 18.2 Å².